The second-order valence-corrected chi connectivity index (χ2v) is 9.07. The summed E-state index contributed by atoms with van der Waals surface area (Å²) in [6.45, 7) is 9.91. The van der Waals surface area contributed by atoms with Gasteiger partial charge in [-0.3, -0.25) is 4.79 Å². The summed E-state index contributed by atoms with van der Waals surface area (Å²) in [5, 5.41) is 9.60. The molecule has 190 valence electrons. The van der Waals surface area contributed by atoms with Crippen molar-refractivity contribution in [1.82, 2.24) is 16.0 Å². The van der Waals surface area contributed by atoms with Crippen LogP contribution in [0.25, 0.3) is 0 Å². The SMILES string of the molecule is CC.CC.CSC1=CNC(CNC(=O)C2C=CC3=C(N2)OCCN3c2cccc(C3CC3)c2)C=C1. The van der Waals surface area contributed by atoms with E-state index in [4.69, 9.17) is 4.74 Å². The molecule has 1 aromatic rings. The first-order valence-corrected chi connectivity index (χ1v) is 14.1. The highest BCUT2D eigenvalue weighted by Crippen LogP contribution is 2.41. The van der Waals surface area contributed by atoms with Crippen molar-refractivity contribution >= 4 is 23.4 Å². The van der Waals surface area contributed by atoms with E-state index in [9.17, 15) is 4.79 Å². The van der Waals surface area contributed by atoms with Gasteiger partial charge in [0.1, 0.15) is 18.3 Å². The van der Waals surface area contributed by atoms with Gasteiger partial charge in [0.25, 0.3) is 0 Å². The van der Waals surface area contributed by atoms with Crippen molar-refractivity contribution in [2.45, 2.75) is 58.5 Å². The maximum atomic E-state index is 12.7. The minimum atomic E-state index is -0.443. The molecule has 1 fully saturated rings. The molecule has 0 aromatic heterocycles. The monoisotopic (exact) mass is 496 g/mol. The molecule has 1 amide bonds. The quantitative estimate of drug-likeness (QED) is 0.515. The van der Waals surface area contributed by atoms with E-state index in [0.29, 0.717) is 19.0 Å². The maximum absolute atomic E-state index is 12.7. The van der Waals surface area contributed by atoms with Crippen molar-refractivity contribution in [1.29, 1.82) is 0 Å². The first kappa shape index (κ1) is 26.8. The highest BCUT2D eigenvalue weighted by atomic mass is 32.2. The zero-order chi connectivity index (χ0) is 25.2. The lowest BCUT2D eigenvalue weighted by Crippen LogP contribution is -2.50. The molecule has 3 aliphatic heterocycles. The number of anilines is 1. The fourth-order valence-electron chi connectivity index (χ4n) is 4.08. The fourth-order valence-corrected chi connectivity index (χ4v) is 4.48. The molecule has 1 saturated carbocycles. The summed E-state index contributed by atoms with van der Waals surface area (Å²) in [5.74, 6) is 1.34. The molecule has 4 aliphatic rings. The predicted molar refractivity (Wildman–Crippen MR) is 148 cm³/mol. The van der Waals surface area contributed by atoms with Crippen molar-refractivity contribution in [3.63, 3.8) is 0 Å². The van der Waals surface area contributed by atoms with E-state index in [2.05, 4.69) is 57.3 Å². The van der Waals surface area contributed by atoms with Gasteiger partial charge in [-0.05, 0) is 54.9 Å². The van der Waals surface area contributed by atoms with Crippen molar-refractivity contribution in [2.24, 2.45) is 0 Å². The average molecular weight is 497 g/mol. The zero-order valence-corrected chi connectivity index (χ0v) is 22.5. The maximum Gasteiger partial charge on any atom is 0.246 e. The lowest BCUT2D eigenvalue weighted by molar-refractivity contribution is -0.122. The van der Waals surface area contributed by atoms with Gasteiger partial charge in [0, 0.05) is 23.3 Å². The van der Waals surface area contributed by atoms with Crippen LogP contribution >= 0.6 is 11.8 Å². The molecule has 1 aliphatic carbocycles. The van der Waals surface area contributed by atoms with E-state index in [1.807, 2.05) is 52.3 Å². The minimum absolute atomic E-state index is 0.0610. The number of carbonyl (C=O) groups is 1. The Bertz CT molecular complexity index is 981. The number of carbonyl (C=O) groups excluding carboxylic acids is 1. The van der Waals surface area contributed by atoms with E-state index in [-0.39, 0.29) is 11.9 Å². The Balaban J connectivity index is 0.000000815. The minimum Gasteiger partial charge on any atom is -0.476 e. The Kier molecular flexibility index (Phi) is 10.2. The largest absolute Gasteiger partial charge is 0.476 e. The van der Waals surface area contributed by atoms with Crippen LogP contribution in [0.1, 0.15) is 52.0 Å². The second-order valence-electron chi connectivity index (χ2n) is 8.19. The molecule has 0 saturated heterocycles. The first-order valence-electron chi connectivity index (χ1n) is 12.9. The van der Waals surface area contributed by atoms with Gasteiger partial charge in [-0.1, -0.05) is 52.0 Å². The number of dihydropyridines is 2. The third-order valence-electron chi connectivity index (χ3n) is 6.00. The molecule has 2 unspecified atom stereocenters. The Labute approximate surface area is 214 Å². The van der Waals surface area contributed by atoms with Crippen LogP contribution in [0.15, 0.2) is 71.3 Å². The summed E-state index contributed by atoms with van der Waals surface area (Å²) in [5.41, 5.74) is 3.58. The van der Waals surface area contributed by atoms with E-state index < -0.39 is 6.04 Å². The molecule has 5 rings (SSSR count). The molecular weight excluding hydrogens is 456 g/mol. The number of amides is 1. The molecule has 7 heteroatoms. The van der Waals surface area contributed by atoms with Gasteiger partial charge in [0.2, 0.25) is 11.8 Å². The fraction of sp³-hybridized carbons (Fsp3) is 0.464. The van der Waals surface area contributed by atoms with Crippen LogP contribution < -0.4 is 20.9 Å². The summed E-state index contributed by atoms with van der Waals surface area (Å²) in [6.07, 6.45) is 14.7. The third-order valence-corrected chi connectivity index (χ3v) is 6.72. The van der Waals surface area contributed by atoms with Crippen LogP contribution in [0.2, 0.25) is 0 Å². The molecule has 0 spiro atoms. The molecule has 3 N–H and O–H groups in total. The number of hydrogen-bond acceptors (Lipinski definition) is 6. The van der Waals surface area contributed by atoms with Crippen LogP contribution in [0.4, 0.5) is 5.69 Å². The number of nitrogens with zero attached hydrogens (tertiary/aromatic N) is 1. The average Bonchev–Trinajstić information content (AvgIpc) is 3.79. The topological polar surface area (TPSA) is 65.6 Å². The number of nitrogens with one attached hydrogen (secondary N) is 3. The van der Waals surface area contributed by atoms with Crippen molar-refractivity contribution in [3.8, 4) is 0 Å². The summed E-state index contributed by atoms with van der Waals surface area (Å²) >= 11 is 1.69. The molecular formula is C28H40N4O2S. The first-order chi connectivity index (χ1) is 17.2. The van der Waals surface area contributed by atoms with Crippen LogP contribution in [-0.2, 0) is 9.53 Å². The standard InChI is InChI=1S/C24H28N4O2S.2C2H6/c1-31-20-8-7-18(25-15-20)14-26-23(29)21-9-10-22-24(27-21)30-12-11-28(22)19-4-2-3-17(13-19)16-5-6-16;2*1-2/h2-4,7-10,13,15-16,18,21,25,27H,5-6,11-12,14H2,1H3,(H,26,29);2*1-2H3. The van der Waals surface area contributed by atoms with Gasteiger partial charge < -0.3 is 25.6 Å². The summed E-state index contributed by atoms with van der Waals surface area (Å²) in [7, 11) is 0. The Morgan fingerprint density at radius 1 is 1.17 bits per heavy atom. The number of benzene rings is 1. The Morgan fingerprint density at radius 2 is 1.97 bits per heavy atom. The van der Waals surface area contributed by atoms with Gasteiger partial charge in [-0.15, -0.1) is 11.8 Å². The molecule has 2 atom stereocenters. The second kappa shape index (κ2) is 13.3. The van der Waals surface area contributed by atoms with Crippen LogP contribution in [0.3, 0.4) is 0 Å². The van der Waals surface area contributed by atoms with Crippen LogP contribution in [0.5, 0.6) is 0 Å². The lowest BCUT2D eigenvalue weighted by atomic mass is 10.1. The van der Waals surface area contributed by atoms with Crippen LogP contribution in [0, 0.1) is 0 Å². The van der Waals surface area contributed by atoms with E-state index in [1.165, 1.54) is 29.0 Å². The molecule has 0 bridgehead atoms. The number of rotatable bonds is 6. The highest BCUT2D eigenvalue weighted by molar-refractivity contribution is 8.02. The summed E-state index contributed by atoms with van der Waals surface area (Å²) in [4.78, 5) is 16.2. The van der Waals surface area contributed by atoms with E-state index in [0.717, 1.165) is 18.2 Å². The third kappa shape index (κ3) is 6.88. The lowest BCUT2D eigenvalue weighted by Gasteiger charge is -2.36. The summed E-state index contributed by atoms with van der Waals surface area (Å²) in [6, 6.07) is 8.46. The van der Waals surface area contributed by atoms with Gasteiger partial charge in [0.15, 0.2) is 0 Å². The number of thioether (sulfide) groups is 1. The van der Waals surface area contributed by atoms with Crippen molar-refractivity contribution in [2.75, 3.05) is 30.9 Å². The van der Waals surface area contributed by atoms with E-state index in [1.54, 1.807) is 11.8 Å². The highest BCUT2D eigenvalue weighted by Gasteiger charge is 2.30. The molecule has 1 aromatic carbocycles. The van der Waals surface area contributed by atoms with Crippen LogP contribution in [-0.4, -0.2) is 43.9 Å². The molecule has 6 nitrogen and oxygen atoms in total. The van der Waals surface area contributed by atoms with Crippen molar-refractivity contribution < 1.29 is 9.53 Å². The van der Waals surface area contributed by atoms with Gasteiger partial charge in [-0.25, -0.2) is 0 Å². The Hall–Kier alpha value is -2.80. The summed E-state index contributed by atoms with van der Waals surface area (Å²) < 4.78 is 5.88. The smallest absolute Gasteiger partial charge is 0.246 e. The molecule has 35 heavy (non-hydrogen) atoms. The van der Waals surface area contributed by atoms with Crippen molar-refractivity contribution in [3.05, 3.63) is 76.8 Å². The Morgan fingerprint density at radius 3 is 2.66 bits per heavy atom. The van der Waals surface area contributed by atoms with Gasteiger partial charge in [0.05, 0.1) is 12.6 Å². The number of hydrogen-bond donors (Lipinski definition) is 3. The van der Waals surface area contributed by atoms with Gasteiger partial charge >= 0.3 is 0 Å². The molecule has 0 radical (unpaired) electrons. The normalized spacial score (nSPS) is 22.1. The van der Waals surface area contributed by atoms with E-state index >= 15 is 0 Å². The number of allylic oxidation sites excluding steroid dienone is 2. The number of ether oxygens (including phenoxy) is 1. The predicted octanol–water partition coefficient (Wildman–Crippen LogP) is 5.00. The van der Waals surface area contributed by atoms with Gasteiger partial charge in [-0.2, -0.15) is 0 Å². The zero-order valence-electron chi connectivity index (χ0n) is 21.6. The molecule has 3 heterocycles.